The van der Waals surface area contributed by atoms with Crippen molar-refractivity contribution in [3.05, 3.63) is 33.3 Å². The van der Waals surface area contributed by atoms with Gasteiger partial charge >= 0.3 is 0 Å². The summed E-state index contributed by atoms with van der Waals surface area (Å²) in [4.78, 5) is 21.6. The molecule has 0 spiro atoms. The number of non-ortho nitro benzene ring substituents is 1. The van der Waals surface area contributed by atoms with E-state index in [0.717, 1.165) is 0 Å². The molecule has 7 nitrogen and oxygen atoms in total. The molecule has 1 unspecified atom stereocenters. The van der Waals surface area contributed by atoms with Crippen LogP contribution in [0.2, 0.25) is 5.02 Å². The van der Waals surface area contributed by atoms with Crippen LogP contribution in [-0.2, 0) is 4.79 Å². The molecule has 1 atom stereocenters. The van der Waals surface area contributed by atoms with Crippen molar-refractivity contribution < 1.29 is 14.5 Å². The highest BCUT2D eigenvalue weighted by atomic mass is 35.5. The van der Waals surface area contributed by atoms with Crippen LogP contribution in [0.1, 0.15) is 20.8 Å². The number of benzene rings is 1. The number of halogens is 1. The van der Waals surface area contributed by atoms with Crippen molar-refractivity contribution in [3.63, 3.8) is 0 Å². The number of nitro groups is 1. The number of carbonyl (C=O) groups is 1. The Morgan fingerprint density at radius 3 is 2.62 bits per heavy atom. The van der Waals surface area contributed by atoms with E-state index >= 15 is 0 Å². The van der Waals surface area contributed by atoms with E-state index < -0.39 is 16.4 Å². The van der Waals surface area contributed by atoms with E-state index in [-0.39, 0.29) is 29.1 Å². The van der Waals surface area contributed by atoms with Gasteiger partial charge in [0.2, 0.25) is 5.91 Å². The lowest BCUT2D eigenvalue weighted by Crippen LogP contribution is -2.59. The molecule has 0 saturated heterocycles. The standard InChI is InChI=1S/C13H18ClN3O4/c1-8(2)16-13(3,12(15)18)7-21-11-5-4-9(17(19)20)6-10(11)14/h4-6,8,16H,7H2,1-3H3,(H2,15,18). The van der Waals surface area contributed by atoms with Gasteiger partial charge in [-0.1, -0.05) is 11.6 Å². The first-order valence-corrected chi connectivity index (χ1v) is 6.68. The fourth-order valence-corrected chi connectivity index (χ4v) is 1.99. The molecule has 0 aliphatic heterocycles. The molecule has 0 saturated carbocycles. The Morgan fingerprint density at radius 1 is 1.57 bits per heavy atom. The molecule has 21 heavy (non-hydrogen) atoms. The van der Waals surface area contributed by atoms with E-state index in [1.165, 1.54) is 18.2 Å². The summed E-state index contributed by atoms with van der Waals surface area (Å²) in [5.74, 6) is -0.311. The van der Waals surface area contributed by atoms with Gasteiger partial charge in [-0.05, 0) is 26.8 Å². The van der Waals surface area contributed by atoms with Gasteiger partial charge in [0.25, 0.3) is 5.69 Å². The van der Waals surface area contributed by atoms with E-state index in [2.05, 4.69) is 5.32 Å². The molecule has 0 aliphatic rings. The molecule has 0 aromatic heterocycles. The first kappa shape index (κ1) is 17.2. The van der Waals surface area contributed by atoms with Gasteiger partial charge in [0.15, 0.2) is 0 Å². The smallest absolute Gasteiger partial charge is 0.271 e. The lowest BCUT2D eigenvalue weighted by Gasteiger charge is -2.29. The minimum atomic E-state index is -1.07. The molecule has 0 bridgehead atoms. The third-order valence-corrected chi connectivity index (χ3v) is 3.09. The number of primary amides is 1. The Bertz CT molecular complexity index is 550. The van der Waals surface area contributed by atoms with Crippen LogP contribution in [0.15, 0.2) is 18.2 Å². The molecule has 0 fully saturated rings. The molecule has 3 N–H and O–H groups in total. The van der Waals surface area contributed by atoms with Crippen LogP contribution < -0.4 is 15.8 Å². The Kier molecular flexibility index (Phi) is 5.51. The van der Waals surface area contributed by atoms with Crippen molar-refractivity contribution in [3.8, 4) is 5.75 Å². The normalized spacial score (nSPS) is 13.8. The van der Waals surface area contributed by atoms with Gasteiger partial charge in [0.05, 0.1) is 9.95 Å². The molecule has 0 heterocycles. The lowest BCUT2D eigenvalue weighted by molar-refractivity contribution is -0.384. The number of nitrogens with two attached hydrogens (primary N) is 1. The van der Waals surface area contributed by atoms with Crippen molar-refractivity contribution in [2.24, 2.45) is 5.73 Å². The van der Waals surface area contributed by atoms with Crippen molar-refractivity contribution in [2.75, 3.05) is 6.61 Å². The van der Waals surface area contributed by atoms with Gasteiger partial charge in [0.1, 0.15) is 17.9 Å². The summed E-state index contributed by atoms with van der Waals surface area (Å²) in [6.45, 7) is 5.33. The predicted octanol–water partition coefficient (Wildman–Crippen LogP) is 1.87. The van der Waals surface area contributed by atoms with Crippen molar-refractivity contribution in [2.45, 2.75) is 32.4 Å². The van der Waals surface area contributed by atoms with Gasteiger partial charge in [-0.25, -0.2) is 0 Å². The van der Waals surface area contributed by atoms with Crippen molar-refractivity contribution >= 4 is 23.2 Å². The Labute approximate surface area is 127 Å². The van der Waals surface area contributed by atoms with Gasteiger partial charge in [0, 0.05) is 18.2 Å². The zero-order valence-corrected chi connectivity index (χ0v) is 12.8. The fourth-order valence-electron chi connectivity index (χ4n) is 1.76. The number of amides is 1. The van der Waals surface area contributed by atoms with Crippen LogP contribution in [0.5, 0.6) is 5.75 Å². The first-order chi connectivity index (χ1) is 9.65. The molecule has 1 amide bonds. The third kappa shape index (κ3) is 4.57. The molecule has 1 aromatic rings. The minimum Gasteiger partial charge on any atom is -0.490 e. The number of nitro benzene ring substituents is 1. The largest absolute Gasteiger partial charge is 0.490 e. The second kappa shape index (κ2) is 6.73. The predicted molar refractivity (Wildman–Crippen MR) is 79.5 cm³/mol. The van der Waals surface area contributed by atoms with E-state index in [0.29, 0.717) is 0 Å². The molecule has 1 rings (SSSR count). The monoisotopic (exact) mass is 315 g/mol. The Morgan fingerprint density at radius 2 is 2.19 bits per heavy atom. The minimum absolute atomic E-state index is 0.0263. The Balaban J connectivity index is 2.86. The molecule has 1 aromatic carbocycles. The molecule has 0 aliphatic carbocycles. The maximum atomic E-state index is 11.6. The van der Waals surface area contributed by atoms with E-state index in [1.807, 2.05) is 13.8 Å². The fraction of sp³-hybridized carbons (Fsp3) is 0.462. The second-order valence-electron chi connectivity index (χ2n) is 5.16. The van der Waals surface area contributed by atoms with Gasteiger partial charge in [-0.15, -0.1) is 0 Å². The van der Waals surface area contributed by atoms with Crippen molar-refractivity contribution in [1.29, 1.82) is 0 Å². The third-order valence-electron chi connectivity index (χ3n) is 2.79. The number of rotatable bonds is 7. The number of carbonyl (C=O) groups excluding carboxylic acids is 1. The number of nitrogens with zero attached hydrogens (tertiary/aromatic N) is 1. The summed E-state index contributed by atoms with van der Waals surface area (Å²) >= 11 is 5.92. The van der Waals surface area contributed by atoms with Crippen LogP contribution in [0.4, 0.5) is 5.69 Å². The quantitative estimate of drug-likeness (QED) is 0.590. The number of nitrogens with one attached hydrogen (secondary N) is 1. The maximum absolute atomic E-state index is 11.6. The molecular formula is C13H18ClN3O4. The second-order valence-corrected chi connectivity index (χ2v) is 5.56. The average Bonchev–Trinajstić information content (AvgIpc) is 2.36. The SMILES string of the molecule is CC(C)NC(C)(COc1ccc([N+](=O)[O-])cc1Cl)C(N)=O. The highest BCUT2D eigenvalue weighted by molar-refractivity contribution is 6.32. The Hall–Kier alpha value is -1.86. The van der Waals surface area contributed by atoms with Gasteiger partial charge < -0.3 is 10.5 Å². The maximum Gasteiger partial charge on any atom is 0.271 e. The van der Waals surface area contributed by atoms with Gasteiger partial charge in [-0.2, -0.15) is 0 Å². The molecule has 116 valence electrons. The highest BCUT2D eigenvalue weighted by Crippen LogP contribution is 2.29. The lowest BCUT2D eigenvalue weighted by atomic mass is 10.0. The van der Waals surface area contributed by atoms with E-state index in [1.54, 1.807) is 6.92 Å². The average molecular weight is 316 g/mol. The molecule has 0 radical (unpaired) electrons. The highest BCUT2D eigenvalue weighted by Gasteiger charge is 2.32. The van der Waals surface area contributed by atoms with Gasteiger partial charge in [-0.3, -0.25) is 20.2 Å². The van der Waals surface area contributed by atoms with E-state index in [9.17, 15) is 14.9 Å². The van der Waals surface area contributed by atoms with Crippen LogP contribution >= 0.6 is 11.6 Å². The zero-order chi connectivity index (χ0) is 16.2. The van der Waals surface area contributed by atoms with Crippen molar-refractivity contribution in [1.82, 2.24) is 5.32 Å². The molecule has 8 heteroatoms. The van der Waals surface area contributed by atoms with Crippen LogP contribution in [0.3, 0.4) is 0 Å². The summed E-state index contributed by atoms with van der Waals surface area (Å²) in [5.41, 5.74) is 4.18. The molecular weight excluding hydrogens is 298 g/mol. The van der Waals surface area contributed by atoms with Crippen LogP contribution in [0.25, 0.3) is 0 Å². The van der Waals surface area contributed by atoms with Crippen LogP contribution in [-0.4, -0.2) is 29.0 Å². The summed E-state index contributed by atoms with van der Waals surface area (Å²) in [5, 5.41) is 13.7. The number of hydrogen-bond donors (Lipinski definition) is 2. The van der Waals surface area contributed by atoms with Crippen LogP contribution in [0, 0.1) is 10.1 Å². The zero-order valence-electron chi connectivity index (χ0n) is 12.1. The topological polar surface area (TPSA) is 107 Å². The summed E-state index contributed by atoms with van der Waals surface area (Å²) < 4.78 is 5.48. The number of hydrogen-bond acceptors (Lipinski definition) is 5. The summed E-state index contributed by atoms with van der Waals surface area (Å²) in [7, 11) is 0. The van der Waals surface area contributed by atoms with E-state index in [4.69, 9.17) is 22.1 Å². The summed E-state index contributed by atoms with van der Waals surface area (Å²) in [6, 6.07) is 3.88. The summed E-state index contributed by atoms with van der Waals surface area (Å²) in [6.07, 6.45) is 0. The number of ether oxygens (including phenoxy) is 1. The first-order valence-electron chi connectivity index (χ1n) is 6.30.